The first kappa shape index (κ1) is 14.7. The second-order valence-electron chi connectivity index (χ2n) is 4.10. The van der Waals surface area contributed by atoms with Crippen molar-refractivity contribution < 1.29 is 18.3 Å². The van der Waals surface area contributed by atoms with Crippen molar-refractivity contribution in [3.8, 4) is 17.6 Å². The Morgan fingerprint density at radius 2 is 1.86 bits per heavy atom. The second-order valence-corrected chi connectivity index (χ2v) is 5.78. The molecule has 2 aromatic carbocycles. The summed E-state index contributed by atoms with van der Waals surface area (Å²) in [5, 5.41) is 18.5. The average molecular weight is 304 g/mol. The Morgan fingerprint density at radius 1 is 1.19 bits per heavy atom. The van der Waals surface area contributed by atoms with E-state index in [-0.39, 0.29) is 22.1 Å². The Bertz CT molecular complexity index is 793. The molecule has 2 N–H and O–H groups in total. The number of phenols is 1. The van der Waals surface area contributed by atoms with Crippen LogP contribution in [-0.2, 0) is 10.0 Å². The van der Waals surface area contributed by atoms with Crippen LogP contribution in [0.25, 0.3) is 0 Å². The Kier molecular flexibility index (Phi) is 4.00. The molecule has 2 aromatic rings. The molecule has 0 aliphatic heterocycles. The maximum atomic E-state index is 12.3. The summed E-state index contributed by atoms with van der Waals surface area (Å²) < 4.78 is 31.8. The first-order chi connectivity index (χ1) is 9.97. The molecule has 0 atom stereocenters. The van der Waals surface area contributed by atoms with Crippen molar-refractivity contribution in [2.75, 3.05) is 11.8 Å². The predicted molar refractivity (Wildman–Crippen MR) is 76.6 cm³/mol. The van der Waals surface area contributed by atoms with E-state index >= 15 is 0 Å². The van der Waals surface area contributed by atoms with E-state index in [1.807, 2.05) is 6.07 Å². The molecule has 0 saturated carbocycles. The Morgan fingerprint density at radius 3 is 2.43 bits per heavy atom. The van der Waals surface area contributed by atoms with Gasteiger partial charge in [-0.15, -0.1) is 0 Å². The molecule has 108 valence electrons. The van der Waals surface area contributed by atoms with E-state index in [0.29, 0.717) is 5.56 Å². The lowest BCUT2D eigenvalue weighted by Gasteiger charge is -2.13. The molecule has 2 rings (SSSR count). The summed E-state index contributed by atoms with van der Waals surface area (Å²) in [6.07, 6.45) is 0. The summed E-state index contributed by atoms with van der Waals surface area (Å²) in [6.45, 7) is 0. The van der Waals surface area contributed by atoms with Crippen molar-refractivity contribution in [2.45, 2.75) is 4.90 Å². The number of benzene rings is 2. The van der Waals surface area contributed by atoms with Crippen LogP contribution in [-0.4, -0.2) is 20.6 Å². The van der Waals surface area contributed by atoms with E-state index in [2.05, 4.69) is 4.72 Å². The average Bonchev–Trinajstić information content (AvgIpc) is 2.49. The highest BCUT2D eigenvalue weighted by Crippen LogP contribution is 2.34. The van der Waals surface area contributed by atoms with Gasteiger partial charge in [-0.2, -0.15) is 5.26 Å². The third-order valence-electron chi connectivity index (χ3n) is 2.75. The molecule has 0 spiro atoms. The number of rotatable bonds is 4. The number of nitrogens with zero attached hydrogens (tertiary/aromatic N) is 1. The van der Waals surface area contributed by atoms with Gasteiger partial charge in [0, 0.05) is 0 Å². The Balaban J connectivity index is 2.40. The standard InChI is InChI=1S/C14H12N2O4S/c1-20-13-4-2-3-12(17)14(13)16-21(18,19)11-7-5-10(9-15)6-8-11/h2-8,16-17H,1H3. The molecule has 0 radical (unpaired) electrons. The van der Waals surface area contributed by atoms with E-state index in [1.54, 1.807) is 0 Å². The number of ether oxygens (including phenoxy) is 1. The summed E-state index contributed by atoms with van der Waals surface area (Å²) in [7, 11) is -2.52. The number of anilines is 1. The molecule has 0 aliphatic rings. The molecule has 0 aromatic heterocycles. The van der Waals surface area contributed by atoms with Crippen LogP contribution in [0.4, 0.5) is 5.69 Å². The number of para-hydroxylation sites is 1. The number of aromatic hydroxyl groups is 1. The van der Waals surface area contributed by atoms with Crippen molar-refractivity contribution in [2.24, 2.45) is 0 Å². The lowest BCUT2D eigenvalue weighted by molar-refractivity contribution is 0.411. The zero-order valence-corrected chi connectivity index (χ0v) is 11.9. The molecular weight excluding hydrogens is 292 g/mol. The monoisotopic (exact) mass is 304 g/mol. The number of methoxy groups -OCH3 is 1. The van der Waals surface area contributed by atoms with Crippen LogP contribution in [0.1, 0.15) is 5.56 Å². The van der Waals surface area contributed by atoms with Crippen LogP contribution in [0.2, 0.25) is 0 Å². The lowest BCUT2D eigenvalue weighted by Crippen LogP contribution is -2.13. The number of sulfonamides is 1. The quantitative estimate of drug-likeness (QED) is 0.842. The summed E-state index contributed by atoms with van der Waals surface area (Å²) in [6, 6.07) is 11.7. The van der Waals surface area contributed by atoms with Gasteiger partial charge in [-0.25, -0.2) is 8.42 Å². The number of nitrogens with one attached hydrogen (secondary N) is 1. The molecule has 0 heterocycles. The van der Waals surface area contributed by atoms with Crippen molar-refractivity contribution >= 4 is 15.7 Å². The topological polar surface area (TPSA) is 99.4 Å². The highest BCUT2D eigenvalue weighted by atomic mass is 32.2. The van der Waals surface area contributed by atoms with Crippen LogP contribution >= 0.6 is 0 Å². The van der Waals surface area contributed by atoms with E-state index in [0.717, 1.165) is 0 Å². The van der Waals surface area contributed by atoms with Crippen LogP contribution in [0, 0.1) is 11.3 Å². The largest absolute Gasteiger partial charge is 0.506 e. The summed E-state index contributed by atoms with van der Waals surface area (Å²) in [4.78, 5) is -0.0215. The van der Waals surface area contributed by atoms with E-state index < -0.39 is 10.0 Å². The maximum Gasteiger partial charge on any atom is 0.262 e. The van der Waals surface area contributed by atoms with Gasteiger partial charge in [-0.1, -0.05) is 6.07 Å². The minimum atomic E-state index is -3.89. The van der Waals surface area contributed by atoms with Gasteiger partial charge in [-0.3, -0.25) is 4.72 Å². The van der Waals surface area contributed by atoms with Crippen molar-refractivity contribution in [1.29, 1.82) is 5.26 Å². The molecule has 0 aliphatic carbocycles. The molecule has 0 fully saturated rings. The molecule has 21 heavy (non-hydrogen) atoms. The van der Waals surface area contributed by atoms with Crippen LogP contribution in [0.5, 0.6) is 11.5 Å². The lowest BCUT2D eigenvalue weighted by atomic mass is 10.2. The van der Waals surface area contributed by atoms with Crippen molar-refractivity contribution in [1.82, 2.24) is 0 Å². The molecule has 0 amide bonds. The first-order valence-electron chi connectivity index (χ1n) is 5.87. The zero-order valence-electron chi connectivity index (χ0n) is 11.1. The van der Waals surface area contributed by atoms with Gasteiger partial charge in [0.25, 0.3) is 10.0 Å². The minimum absolute atomic E-state index is 0.0215. The molecule has 0 unspecified atom stereocenters. The van der Waals surface area contributed by atoms with Gasteiger partial charge >= 0.3 is 0 Å². The number of phenolic OH excluding ortho intramolecular Hbond substituents is 1. The minimum Gasteiger partial charge on any atom is -0.506 e. The van der Waals surface area contributed by atoms with Crippen LogP contribution in [0.15, 0.2) is 47.4 Å². The SMILES string of the molecule is COc1cccc(O)c1NS(=O)(=O)c1ccc(C#N)cc1. The fourth-order valence-corrected chi connectivity index (χ4v) is 2.78. The summed E-state index contributed by atoms with van der Waals surface area (Å²) in [5.74, 6) is -0.0428. The van der Waals surface area contributed by atoms with Gasteiger partial charge in [-0.05, 0) is 36.4 Å². The van der Waals surface area contributed by atoms with Crippen LogP contribution < -0.4 is 9.46 Å². The molecule has 6 nitrogen and oxygen atoms in total. The summed E-state index contributed by atoms with van der Waals surface area (Å²) >= 11 is 0. The third kappa shape index (κ3) is 3.07. The number of hydrogen-bond acceptors (Lipinski definition) is 5. The van der Waals surface area contributed by atoms with Gasteiger partial charge in [0.15, 0.2) is 0 Å². The normalized spacial score (nSPS) is 10.7. The van der Waals surface area contributed by atoms with Gasteiger partial charge in [0.1, 0.15) is 17.2 Å². The molecular formula is C14H12N2O4S. The van der Waals surface area contributed by atoms with E-state index in [9.17, 15) is 13.5 Å². The fourth-order valence-electron chi connectivity index (χ4n) is 1.69. The summed E-state index contributed by atoms with van der Waals surface area (Å²) in [5.41, 5.74) is 0.318. The highest BCUT2D eigenvalue weighted by Gasteiger charge is 2.19. The van der Waals surface area contributed by atoms with Gasteiger partial charge in [0.05, 0.1) is 23.6 Å². The van der Waals surface area contributed by atoms with Crippen molar-refractivity contribution in [3.05, 3.63) is 48.0 Å². The first-order valence-corrected chi connectivity index (χ1v) is 7.35. The molecule has 0 bridgehead atoms. The Labute approximate surface area is 122 Å². The van der Waals surface area contributed by atoms with Gasteiger partial charge in [0.2, 0.25) is 0 Å². The highest BCUT2D eigenvalue weighted by molar-refractivity contribution is 7.92. The van der Waals surface area contributed by atoms with Crippen molar-refractivity contribution in [3.63, 3.8) is 0 Å². The number of nitriles is 1. The smallest absolute Gasteiger partial charge is 0.262 e. The third-order valence-corrected chi connectivity index (χ3v) is 4.12. The van der Waals surface area contributed by atoms with E-state index in [4.69, 9.17) is 10.00 Å². The predicted octanol–water partition coefficient (Wildman–Crippen LogP) is 2.07. The zero-order chi connectivity index (χ0) is 15.5. The second kappa shape index (κ2) is 5.73. The fraction of sp³-hybridized carbons (Fsp3) is 0.0714. The van der Waals surface area contributed by atoms with E-state index in [1.165, 1.54) is 49.6 Å². The number of hydrogen-bond donors (Lipinski definition) is 2. The molecule has 7 heteroatoms. The maximum absolute atomic E-state index is 12.3. The van der Waals surface area contributed by atoms with Gasteiger partial charge < -0.3 is 9.84 Å². The van der Waals surface area contributed by atoms with Crippen LogP contribution in [0.3, 0.4) is 0 Å². The Hall–Kier alpha value is -2.72. The molecule has 0 saturated heterocycles.